The highest BCUT2D eigenvalue weighted by Crippen LogP contribution is 2.26. The van der Waals surface area contributed by atoms with E-state index in [4.69, 9.17) is 4.74 Å². The van der Waals surface area contributed by atoms with Gasteiger partial charge in [0.05, 0.1) is 11.0 Å². The molecule has 0 aliphatic rings. The number of non-ortho nitro benzene ring substituents is 1. The predicted octanol–water partition coefficient (Wildman–Crippen LogP) is 4.08. The molecule has 1 amide bonds. The SMILES string of the molecule is O=C(COc1ccc([N+](=O)[O-])cc1)N[C@H](c1ccc(F)cc1)c1cccs1. The van der Waals surface area contributed by atoms with E-state index in [1.165, 1.54) is 47.7 Å². The van der Waals surface area contributed by atoms with Crippen LogP contribution in [0.2, 0.25) is 0 Å². The molecule has 0 aliphatic carbocycles. The Labute approximate surface area is 158 Å². The quantitative estimate of drug-likeness (QED) is 0.490. The lowest BCUT2D eigenvalue weighted by Crippen LogP contribution is -2.32. The number of amides is 1. The van der Waals surface area contributed by atoms with Gasteiger partial charge in [-0.2, -0.15) is 0 Å². The van der Waals surface area contributed by atoms with Gasteiger partial charge in [0.25, 0.3) is 11.6 Å². The summed E-state index contributed by atoms with van der Waals surface area (Å²) < 4.78 is 18.6. The molecule has 0 saturated carbocycles. The van der Waals surface area contributed by atoms with Crippen molar-refractivity contribution in [2.24, 2.45) is 0 Å². The smallest absolute Gasteiger partial charge is 0.269 e. The largest absolute Gasteiger partial charge is 0.484 e. The lowest BCUT2D eigenvalue weighted by molar-refractivity contribution is -0.384. The predicted molar refractivity (Wildman–Crippen MR) is 99.3 cm³/mol. The van der Waals surface area contributed by atoms with Crippen LogP contribution in [0.5, 0.6) is 5.75 Å². The van der Waals surface area contributed by atoms with E-state index in [-0.39, 0.29) is 24.0 Å². The first-order chi connectivity index (χ1) is 13.0. The molecule has 0 unspecified atom stereocenters. The first-order valence-electron chi connectivity index (χ1n) is 7.98. The maximum atomic E-state index is 13.2. The van der Waals surface area contributed by atoms with Crippen LogP contribution in [0.15, 0.2) is 66.0 Å². The molecule has 1 atom stereocenters. The van der Waals surface area contributed by atoms with E-state index in [2.05, 4.69) is 5.32 Å². The Hall–Kier alpha value is -3.26. The standard InChI is InChI=1S/C19H15FN2O4S/c20-14-5-3-13(4-6-14)19(17-2-1-11-27-17)21-18(23)12-26-16-9-7-15(8-10-16)22(24)25/h1-11,19H,12H2,(H,21,23)/t19-/m1/s1. The Bertz CT molecular complexity index is 912. The monoisotopic (exact) mass is 386 g/mol. The second kappa shape index (κ2) is 8.41. The molecule has 0 bridgehead atoms. The molecule has 0 radical (unpaired) electrons. The van der Waals surface area contributed by atoms with Crippen molar-refractivity contribution in [1.82, 2.24) is 5.32 Å². The summed E-state index contributed by atoms with van der Waals surface area (Å²) >= 11 is 1.48. The molecule has 27 heavy (non-hydrogen) atoms. The summed E-state index contributed by atoms with van der Waals surface area (Å²) in [4.78, 5) is 23.4. The zero-order valence-corrected chi connectivity index (χ0v) is 14.8. The van der Waals surface area contributed by atoms with Gasteiger partial charge in [-0.05, 0) is 41.3 Å². The molecule has 138 valence electrons. The van der Waals surface area contributed by atoms with Gasteiger partial charge < -0.3 is 10.1 Å². The van der Waals surface area contributed by atoms with Gasteiger partial charge in [-0.3, -0.25) is 14.9 Å². The molecular formula is C19H15FN2O4S. The minimum atomic E-state index is -0.509. The molecule has 1 aromatic heterocycles. The molecule has 1 heterocycles. The minimum absolute atomic E-state index is 0.0547. The summed E-state index contributed by atoms with van der Waals surface area (Å²) in [5.74, 6) is -0.363. The van der Waals surface area contributed by atoms with Crippen LogP contribution < -0.4 is 10.1 Å². The van der Waals surface area contributed by atoms with Crippen LogP contribution in [0.25, 0.3) is 0 Å². The van der Waals surface area contributed by atoms with Gasteiger partial charge in [-0.1, -0.05) is 18.2 Å². The Balaban J connectivity index is 1.66. The zero-order chi connectivity index (χ0) is 19.2. The highest BCUT2D eigenvalue weighted by Gasteiger charge is 2.18. The number of nitrogens with zero attached hydrogens (tertiary/aromatic N) is 1. The van der Waals surface area contributed by atoms with E-state index >= 15 is 0 Å². The van der Waals surface area contributed by atoms with Crippen molar-refractivity contribution in [3.8, 4) is 5.75 Å². The second-order valence-electron chi connectivity index (χ2n) is 5.61. The Kier molecular flexibility index (Phi) is 5.77. The lowest BCUT2D eigenvalue weighted by atomic mass is 10.1. The minimum Gasteiger partial charge on any atom is -0.484 e. The van der Waals surface area contributed by atoms with E-state index in [0.717, 1.165) is 10.4 Å². The molecule has 0 saturated heterocycles. The van der Waals surface area contributed by atoms with E-state index in [0.29, 0.717) is 5.75 Å². The summed E-state index contributed by atoms with van der Waals surface area (Å²) in [6.45, 7) is -0.249. The number of ether oxygens (including phenoxy) is 1. The molecule has 2 aromatic carbocycles. The van der Waals surface area contributed by atoms with Crippen molar-refractivity contribution < 1.29 is 18.8 Å². The number of rotatable bonds is 7. The second-order valence-corrected chi connectivity index (χ2v) is 6.59. The third kappa shape index (κ3) is 4.89. The number of nitro benzene ring substituents is 1. The Morgan fingerprint density at radius 3 is 2.44 bits per heavy atom. The maximum absolute atomic E-state index is 13.2. The van der Waals surface area contributed by atoms with Gasteiger partial charge in [-0.25, -0.2) is 4.39 Å². The average Bonchev–Trinajstić information content (AvgIpc) is 3.20. The van der Waals surface area contributed by atoms with Crippen LogP contribution in [-0.4, -0.2) is 17.4 Å². The number of carbonyl (C=O) groups excluding carboxylic acids is 1. The number of halogens is 1. The van der Waals surface area contributed by atoms with Crippen LogP contribution in [0.4, 0.5) is 10.1 Å². The van der Waals surface area contributed by atoms with Gasteiger partial charge >= 0.3 is 0 Å². The van der Waals surface area contributed by atoms with Gasteiger partial charge in [0.2, 0.25) is 0 Å². The normalized spacial score (nSPS) is 11.6. The van der Waals surface area contributed by atoms with Crippen LogP contribution in [0.3, 0.4) is 0 Å². The molecule has 1 N–H and O–H groups in total. The van der Waals surface area contributed by atoms with Crippen molar-refractivity contribution in [3.05, 3.63) is 92.4 Å². The fourth-order valence-electron chi connectivity index (χ4n) is 2.45. The zero-order valence-electron chi connectivity index (χ0n) is 14.0. The molecule has 3 aromatic rings. The molecule has 0 fully saturated rings. The van der Waals surface area contributed by atoms with E-state index < -0.39 is 11.0 Å². The summed E-state index contributed by atoms with van der Waals surface area (Å²) in [5.41, 5.74) is 0.698. The van der Waals surface area contributed by atoms with Crippen LogP contribution in [0, 0.1) is 15.9 Å². The number of nitro groups is 1. The fourth-order valence-corrected chi connectivity index (χ4v) is 3.25. The van der Waals surface area contributed by atoms with Crippen LogP contribution in [-0.2, 0) is 4.79 Å². The first kappa shape index (κ1) is 18.5. The highest BCUT2D eigenvalue weighted by atomic mass is 32.1. The van der Waals surface area contributed by atoms with Crippen molar-refractivity contribution in [3.63, 3.8) is 0 Å². The summed E-state index contributed by atoms with van der Waals surface area (Å²) in [7, 11) is 0. The van der Waals surface area contributed by atoms with E-state index in [9.17, 15) is 19.3 Å². The van der Waals surface area contributed by atoms with Crippen molar-refractivity contribution in [1.29, 1.82) is 0 Å². The number of carbonyl (C=O) groups is 1. The first-order valence-corrected chi connectivity index (χ1v) is 8.86. The topological polar surface area (TPSA) is 81.5 Å². The number of hydrogen-bond acceptors (Lipinski definition) is 5. The molecule has 8 heteroatoms. The molecule has 6 nitrogen and oxygen atoms in total. The average molecular weight is 386 g/mol. The van der Waals surface area contributed by atoms with Gasteiger partial charge in [-0.15, -0.1) is 11.3 Å². The van der Waals surface area contributed by atoms with Crippen LogP contribution in [0.1, 0.15) is 16.5 Å². The number of benzene rings is 2. The highest BCUT2D eigenvalue weighted by molar-refractivity contribution is 7.10. The molecule has 0 aliphatic heterocycles. The van der Waals surface area contributed by atoms with Gasteiger partial charge in [0.1, 0.15) is 11.6 Å². The Morgan fingerprint density at radius 1 is 1.15 bits per heavy atom. The summed E-state index contributed by atoms with van der Waals surface area (Å²) in [6.07, 6.45) is 0. The van der Waals surface area contributed by atoms with Crippen molar-refractivity contribution >= 4 is 22.9 Å². The van der Waals surface area contributed by atoms with Gasteiger partial charge in [0, 0.05) is 17.0 Å². The maximum Gasteiger partial charge on any atom is 0.269 e. The fraction of sp³-hybridized carbons (Fsp3) is 0.105. The number of hydrogen-bond donors (Lipinski definition) is 1. The number of thiophene rings is 1. The van der Waals surface area contributed by atoms with Crippen molar-refractivity contribution in [2.45, 2.75) is 6.04 Å². The lowest BCUT2D eigenvalue weighted by Gasteiger charge is -2.18. The molecule has 3 rings (SSSR count). The third-order valence-electron chi connectivity index (χ3n) is 3.75. The van der Waals surface area contributed by atoms with E-state index in [1.54, 1.807) is 12.1 Å². The Morgan fingerprint density at radius 2 is 1.85 bits per heavy atom. The third-order valence-corrected chi connectivity index (χ3v) is 4.69. The number of nitrogens with one attached hydrogen (secondary N) is 1. The van der Waals surface area contributed by atoms with Gasteiger partial charge in [0.15, 0.2) is 6.61 Å². The van der Waals surface area contributed by atoms with Crippen molar-refractivity contribution in [2.75, 3.05) is 6.61 Å². The van der Waals surface area contributed by atoms with Crippen LogP contribution >= 0.6 is 11.3 Å². The van der Waals surface area contributed by atoms with E-state index in [1.807, 2.05) is 17.5 Å². The molecular weight excluding hydrogens is 371 g/mol. The summed E-state index contributed by atoms with van der Waals surface area (Å²) in [5, 5.41) is 15.4. The summed E-state index contributed by atoms with van der Waals surface area (Å²) in [6, 6.07) is 14.7. The molecule has 0 spiro atoms.